The SMILES string of the molecule is O=C(COc1ccc([N+](=O)[O-])cc1)N(c1ccccc1)S(=O)(=O)c1ccccc1. The van der Waals surface area contributed by atoms with Crippen LogP contribution in [0.4, 0.5) is 11.4 Å². The van der Waals surface area contributed by atoms with E-state index in [0.717, 1.165) is 0 Å². The molecule has 9 heteroatoms. The number of nitro groups is 1. The number of rotatable bonds is 7. The molecule has 0 heterocycles. The smallest absolute Gasteiger partial charge is 0.278 e. The lowest BCUT2D eigenvalue weighted by atomic mass is 10.3. The van der Waals surface area contributed by atoms with Gasteiger partial charge in [0.2, 0.25) is 0 Å². The summed E-state index contributed by atoms with van der Waals surface area (Å²) in [5.41, 5.74) is 0.0508. The van der Waals surface area contributed by atoms with E-state index in [0.29, 0.717) is 4.31 Å². The maximum atomic E-state index is 13.1. The molecule has 0 radical (unpaired) electrons. The summed E-state index contributed by atoms with van der Waals surface area (Å²) >= 11 is 0. The van der Waals surface area contributed by atoms with Crippen LogP contribution in [0.25, 0.3) is 0 Å². The van der Waals surface area contributed by atoms with Crippen molar-refractivity contribution in [3.8, 4) is 5.75 Å². The minimum absolute atomic E-state index is 0.0347. The van der Waals surface area contributed by atoms with E-state index < -0.39 is 27.5 Å². The van der Waals surface area contributed by atoms with E-state index in [-0.39, 0.29) is 22.0 Å². The van der Waals surface area contributed by atoms with Crippen LogP contribution in [0.5, 0.6) is 5.75 Å². The number of hydrogen-bond donors (Lipinski definition) is 0. The zero-order chi connectivity index (χ0) is 20.9. The zero-order valence-corrected chi connectivity index (χ0v) is 15.9. The molecule has 3 aromatic carbocycles. The lowest BCUT2D eigenvalue weighted by Crippen LogP contribution is -2.40. The number of benzene rings is 3. The van der Waals surface area contributed by atoms with Crippen LogP contribution in [-0.4, -0.2) is 25.9 Å². The first-order chi connectivity index (χ1) is 13.9. The number of carbonyl (C=O) groups is 1. The Balaban J connectivity index is 1.86. The van der Waals surface area contributed by atoms with Gasteiger partial charge in [0.1, 0.15) is 5.75 Å². The van der Waals surface area contributed by atoms with Crippen molar-refractivity contribution >= 4 is 27.3 Å². The van der Waals surface area contributed by atoms with Gasteiger partial charge in [-0.1, -0.05) is 36.4 Å². The van der Waals surface area contributed by atoms with Crippen LogP contribution >= 0.6 is 0 Å². The van der Waals surface area contributed by atoms with E-state index in [2.05, 4.69) is 0 Å². The van der Waals surface area contributed by atoms with Gasteiger partial charge in [0.15, 0.2) is 6.61 Å². The molecule has 3 rings (SSSR count). The Bertz CT molecular complexity index is 1100. The third-order valence-electron chi connectivity index (χ3n) is 3.91. The maximum absolute atomic E-state index is 13.1. The summed E-state index contributed by atoms with van der Waals surface area (Å²) in [6.07, 6.45) is 0. The molecular formula is C20H16N2O6S. The van der Waals surface area contributed by atoms with Gasteiger partial charge >= 0.3 is 0 Å². The molecule has 29 heavy (non-hydrogen) atoms. The molecule has 0 spiro atoms. The summed E-state index contributed by atoms with van der Waals surface area (Å²) in [7, 11) is -4.16. The van der Waals surface area contributed by atoms with Crippen LogP contribution in [0.3, 0.4) is 0 Å². The van der Waals surface area contributed by atoms with Crippen molar-refractivity contribution in [3.63, 3.8) is 0 Å². The first kappa shape index (κ1) is 20.0. The van der Waals surface area contributed by atoms with Crippen LogP contribution < -0.4 is 9.04 Å². The Morgan fingerprint density at radius 1 is 0.897 bits per heavy atom. The molecule has 0 saturated carbocycles. The number of hydrogen-bond acceptors (Lipinski definition) is 6. The molecule has 0 aliphatic rings. The summed E-state index contributed by atoms with van der Waals surface area (Å²) in [5.74, 6) is -0.604. The monoisotopic (exact) mass is 412 g/mol. The molecule has 8 nitrogen and oxygen atoms in total. The fourth-order valence-electron chi connectivity index (χ4n) is 2.55. The second-order valence-electron chi connectivity index (χ2n) is 5.85. The van der Waals surface area contributed by atoms with Crippen molar-refractivity contribution in [2.75, 3.05) is 10.9 Å². The largest absolute Gasteiger partial charge is 0.484 e. The molecular weight excluding hydrogens is 396 g/mol. The van der Waals surface area contributed by atoms with Crippen LogP contribution in [0.1, 0.15) is 0 Å². The van der Waals surface area contributed by atoms with E-state index in [1.807, 2.05) is 0 Å². The first-order valence-corrected chi connectivity index (χ1v) is 9.89. The summed E-state index contributed by atoms with van der Waals surface area (Å²) < 4.78 is 32.2. The topological polar surface area (TPSA) is 107 Å². The van der Waals surface area contributed by atoms with E-state index in [1.165, 1.54) is 48.5 Å². The average molecular weight is 412 g/mol. The van der Waals surface area contributed by atoms with Gasteiger partial charge in [-0.25, -0.2) is 8.42 Å². The molecule has 0 aliphatic carbocycles. The third kappa shape index (κ3) is 4.58. The lowest BCUT2D eigenvalue weighted by Gasteiger charge is -2.22. The number of sulfonamides is 1. The fourth-order valence-corrected chi connectivity index (χ4v) is 3.98. The van der Waals surface area contributed by atoms with Gasteiger partial charge in [0.25, 0.3) is 21.6 Å². The van der Waals surface area contributed by atoms with Crippen LogP contribution in [0.15, 0.2) is 89.8 Å². The number of amides is 1. The minimum Gasteiger partial charge on any atom is -0.484 e. The van der Waals surface area contributed by atoms with Gasteiger partial charge in [-0.2, -0.15) is 4.31 Å². The van der Waals surface area contributed by atoms with Gasteiger partial charge in [0, 0.05) is 12.1 Å². The predicted octanol–water partition coefficient (Wildman–Crippen LogP) is 3.40. The second-order valence-corrected chi connectivity index (χ2v) is 7.64. The number of anilines is 1. The standard InChI is InChI=1S/C20H16N2O6S/c23-20(15-28-18-13-11-17(12-14-18)22(24)25)21(16-7-3-1-4-8-16)29(26,27)19-9-5-2-6-10-19/h1-14H,15H2. The molecule has 0 atom stereocenters. The molecule has 0 aliphatic heterocycles. The van der Waals surface area contributed by atoms with E-state index in [4.69, 9.17) is 4.74 Å². The highest BCUT2D eigenvalue weighted by molar-refractivity contribution is 7.93. The molecule has 148 valence electrons. The van der Waals surface area contributed by atoms with E-state index in [9.17, 15) is 23.3 Å². The van der Waals surface area contributed by atoms with Crippen molar-refractivity contribution in [2.45, 2.75) is 4.90 Å². The highest BCUT2D eigenvalue weighted by Crippen LogP contribution is 2.24. The Labute approximate surface area is 167 Å². The van der Waals surface area contributed by atoms with Crippen LogP contribution in [0.2, 0.25) is 0 Å². The summed E-state index contributed by atoms with van der Waals surface area (Å²) in [6, 6.07) is 20.7. The second kappa shape index (κ2) is 8.53. The maximum Gasteiger partial charge on any atom is 0.278 e. The van der Waals surface area contributed by atoms with Crippen LogP contribution in [-0.2, 0) is 14.8 Å². The summed E-state index contributed by atoms with van der Waals surface area (Å²) in [4.78, 5) is 22.9. The van der Waals surface area contributed by atoms with Crippen LogP contribution in [0, 0.1) is 10.1 Å². The van der Waals surface area contributed by atoms with Crippen molar-refractivity contribution in [2.24, 2.45) is 0 Å². The first-order valence-electron chi connectivity index (χ1n) is 8.45. The normalized spacial score (nSPS) is 10.9. The minimum atomic E-state index is -4.16. The van der Waals surface area contributed by atoms with Crippen molar-refractivity contribution in [1.29, 1.82) is 0 Å². The number of nitro benzene ring substituents is 1. The third-order valence-corrected chi connectivity index (χ3v) is 5.67. The van der Waals surface area contributed by atoms with Gasteiger partial charge in [-0.05, 0) is 36.4 Å². The lowest BCUT2D eigenvalue weighted by molar-refractivity contribution is -0.384. The number of carbonyl (C=O) groups excluding carboxylic acids is 1. The summed E-state index contributed by atoms with van der Waals surface area (Å²) in [6.45, 7) is -0.571. The number of non-ortho nitro benzene ring substituents is 1. The predicted molar refractivity (Wildman–Crippen MR) is 106 cm³/mol. The molecule has 0 bridgehead atoms. The number of nitrogens with zero attached hydrogens (tertiary/aromatic N) is 2. The number of ether oxygens (including phenoxy) is 1. The van der Waals surface area contributed by atoms with Gasteiger partial charge in [-0.15, -0.1) is 0 Å². The van der Waals surface area contributed by atoms with Gasteiger partial charge < -0.3 is 4.74 Å². The molecule has 3 aromatic rings. The Morgan fingerprint density at radius 3 is 2.00 bits per heavy atom. The van der Waals surface area contributed by atoms with Crippen molar-refractivity contribution in [1.82, 2.24) is 0 Å². The van der Waals surface area contributed by atoms with E-state index >= 15 is 0 Å². The fraction of sp³-hybridized carbons (Fsp3) is 0.0500. The molecule has 0 unspecified atom stereocenters. The molecule has 0 aromatic heterocycles. The highest BCUT2D eigenvalue weighted by atomic mass is 32.2. The molecule has 1 amide bonds. The number of para-hydroxylation sites is 1. The Hall–Kier alpha value is -3.72. The Morgan fingerprint density at radius 2 is 1.45 bits per heavy atom. The van der Waals surface area contributed by atoms with E-state index in [1.54, 1.807) is 36.4 Å². The zero-order valence-electron chi connectivity index (χ0n) is 15.0. The molecule has 0 N–H and O–H groups in total. The summed E-state index contributed by atoms with van der Waals surface area (Å²) in [5, 5.41) is 10.7. The Kier molecular flexibility index (Phi) is 5.89. The quantitative estimate of drug-likeness (QED) is 0.435. The van der Waals surface area contributed by atoms with Gasteiger partial charge in [0.05, 0.1) is 15.5 Å². The molecule has 0 saturated heterocycles. The van der Waals surface area contributed by atoms with Crippen molar-refractivity contribution < 1.29 is 22.9 Å². The highest BCUT2D eigenvalue weighted by Gasteiger charge is 2.31. The molecule has 0 fully saturated rings. The van der Waals surface area contributed by atoms with Crippen molar-refractivity contribution in [3.05, 3.63) is 95.0 Å². The van der Waals surface area contributed by atoms with Gasteiger partial charge in [-0.3, -0.25) is 14.9 Å². The average Bonchev–Trinajstić information content (AvgIpc) is 2.74.